The van der Waals surface area contributed by atoms with Crippen LogP contribution in [0.1, 0.15) is 0 Å². The lowest BCUT2D eigenvalue weighted by Crippen LogP contribution is -2.00. The average molecular weight is 330 g/mol. The lowest BCUT2D eigenvalue weighted by molar-refractivity contribution is 0.628. The van der Waals surface area contributed by atoms with Gasteiger partial charge in [0.25, 0.3) is 0 Å². The number of rotatable bonds is 3. The molecule has 0 amide bonds. The highest BCUT2D eigenvalue weighted by Gasteiger charge is 2.18. The number of hydrogen-bond donors (Lipinski definition) is 1. The normalized spacial score (nSPS) is 10.8. The summed E-state index contributed by atoms with van der Waals surface area (Å²) in [4.78, 5) is 13.3. The molecule has 5 heteroatoms. The van der Waals surface area contributed by atoms with E-state index in [9.17, 15) is 4.39 Å². The first-order valence-corrected chi connectivity index (χ1v) is 7.91. The third-order valence-electron chi connectivity index (χ3n) is 4.10. The smallest absolute Gasteiger partial charge is 0.161 e. The standard InChI is InChI=1S/C20H15FN4/c1-22-19-16-3-2-10-24-20(16)25-18(14-4-6-15(21)7-5-14)17(19)13-8-11-23-12-9-13/h2-12H,1H3,(H,22,24,25). The number of nitrogens with one attached hydrogen (secondary N) is 1. The van der Waals surface area contributed by atoms with E-state index in [1.807, 2.05) is 31.3 Å². The highest BCUT2D eigenvalue weighted by molar-refractivity contribution is 6.03. The van der Waals surface area contributed by atoms with Crippen LogP contribution in [0.25, 0.3) is 33.4 Å². The van der Waals surface area contributed by atoms with Gasteiger partial charge in [0.2, 0.25) is 0 Å². The molecule has 0 atom stereocenters. The maximum absolute atomic E-state index is 13.4. The monoisotopic (exact) mass is 330 g/mol. The molecule has 0 radical (unpaired) electrons. The molecule has 0 unspecified atom stereocenters. The third-order valence-corrected chi connectivity index (χ3v) is 4.10. The summed E-state index contributed by atoms with van der Waals surface area (Å²) in [6, 6.07) is 14.1. The molecule has 4 rings (SSSR count). The molecule has 122 valence electrons. The van der Waals surface area contributed by atoms with E-state index in [4.69, 9.17) is 4.98 Å². The van der Waals surface area contributed by atoms with Crippen LogP contribution >= 0.6 is 0 Å². The molecule has 4 aromatic rings. The van der Waals surface area contributed by atoms with Crippen molar-refractivity contribution in [3.05, 3.63) is 72.9 Å². The fourth-order valence-electron chi connectivity index (χ4n) is 2.97. The van der Waals surface area contributed by atoms with E-state index in [0.717, 1.165) is 33.5 Å². The van der Waals surface area contributed by atoms with Crippen LogP contribution in [0.2, 0.25) is 0 Å². The summed E-state index contributed by atoms with van der Waals surface area (Å²) in [5.74, 6) is -0.276. The Morgan fingerprint density at radius 3 is 2.36 bits per heavy atom. The molecule has 0 aliphatic rings. The Kier molecular flexibility index (Phi) is 3.82. The minimum absolute atomic E-state index is 0.276. The van der Waals surface area contributed by atoms with Crippen molar-refractivity contribution in [1.82, 2.24) is 15.0 Å². The van der Waals surface area contributed by atoms with Gasteiger partial charge in [-0.3, -0.25) is 4.98 Å². The van der Waals surface area contributed by atoms with Crippen molar-refractivity contribution in [2.24, 2.45) is 0 Å². The lowest BCUT2D eigenvalue weighted by atomic mass is 9.96. The van der Waals surface area contributed by atoms with Gasteiger partial charge in [0.05, 0.1) is 11.4 Å². The van der Waals surface area contributed by atoms with Crippen LogP contribution in [-0.2, 0) is 0 Å². The largest absolute Gasteiger partial charge is 0.387 e. The van der Waals surface area contributed by atoms with Gasteiger partial charge in [0.15, 0.2) is 5.65 Å². The van der Waals surface area contributed by atoms with Gasteiger partial charge in [-0.25, -0.2) is 14.4 Å². The molecule has 1 N–H and O–H groups in total. The highest BCUT2D eigenvalue weighted by atomic mass is 19.1. The summed E-state index contributed by atoms with van der Waals surface area (Å²) in [6.45, 7) is 0. The zero-order chi connectivity index (χ0) is 17.2. The molecule has 1 aromatic carbocycles. The molecule has 25 heavy (non-hydrogen) atoms. The van der Waals surface area contributed by atoms with Crippen molar-refractivity contribution in [1.29, 1.82) is 0 Å². The maximum atomic E-state index is 13.4. The number of nitrogens with zero attached hydrogens (tertiary/aromatic N) is 3. The molecule has 3 heterocycles. The highest BCUT2D eigenvalue weighted by Crippen LogP contribution is 2.40. The number of aromatic nitrogens is 3. The summed E-state index contributed by atoms with van der Waals surface area (Å²) in [5.41, 5.74) is 5.08. The van der Waals surface area contributed by atoms with Crippen molar-refractivity contribution in [2.45, 2.75) is 0 Å². The molecule has 0 saturated carbocycles. The molecule has 3 aromatic heterocycles. The fourth-order valence-corrected chi connectivity index (χ4v) is 2.97. The zero-order valence-electron chi connectivity index (χ0n) is 13.6. The first kappa shape index (κ1) is 15.2. The summed E-state index contributed by atoms with van der Waals surface area (Å²) < 4.78 is 13.4. The van der Waals surface area contributed by atoms with E-state index in [1.165, 1.54) is 12.1 Å². The summed E-state index contributed by atoms with van der Waals surface area (Å²) >= 11 is 0. The quantitative estimate of drug-likeness (QED) is 0.599. The van der Waals surface area contributed by atoms with Gasteiger partial charge >= 0.3 is 0 Å². The van der Waals surface area contributed by atoms with Gasteiger partial charge in [0, 0.05) is 42.2 Å². The van der Waals surface area contributed by atoms with Gasteiger partial charge in [0.1, 0.15) is 5.82 Å². The van der Waals surface area contributed by atoms with Crippen LogP contribution in [-0.4, -0.2) is 22.0 Å². The van der Waals surface area contributed by atoms with Crippen LogP contribution in [0.15, 0.2) is 67.1 Å². The van der Waals surface area contributed by atoms with Crippen LogP contribution in [0, 0.1) is 5.82 Å². The second kappa shape index (κ2) is 6.28. The van der Waals surface area contributed by atoms with Crippen LogP contribution in [0.4, 0.5) is 10.1 Å². The summed E-state index contributed by atoms with van der Waals surface area (Å²) in [6.07, 6.45) is 5.21. The number of fused-ring (bicyclic) bond motifs is 1. The predicted molar refractivity (Wildman–Crippen MR) is 97.7 cm³/mol. The van der Waals surface area contributed by atoms with Crippen molar-refractivity contribution in [3.8, 4) is 22.4 Å². The first-order chi connectivity index (χ1) is 12.3. The summed E-state index contributed by atoms with van der Waals surface area (Å²) in [7, 11) is 1.88. The van der Waals surface area contributed by atoms with Gasteiger partial charge in [-0.1, -0.05) is 0 Å². The van der Waals surface area contributed by atoms with E-state index in [2.05, 4.69) is 15.3 Å². The van der Waals surface area contributed by atoms with Gasteiger partial charge < -0.3 is 5.32 Å². The van der Waals surface area contributed by atoms with Crippen LogP contribution < -0.4 is 5.32 Å². The third kappa shape index (κ3) is 2.70. The van der Waals surface area contributed by atoms with Gasteiger partial charge in [-0.2, -0.15) is 0 Å². The predicted octanol–water partition coefficient (Wildman–Crippen LogP) is 4.54. The van der Waals surface area contributed by atoms with Crippen LogP contribution in [0.3, 0.4) is 0 Å². The van der Waals surface area contributed by atoms with Crippen molar-refractivity contribution in [3.63, 3.8) is 0 Å². The summed E-state index contributed by atoms with van der Waals surface area (Å²) in [5, 5.41) is 4.22. The number of halogens is 1. The SMILES string of the molecule is CNc1c(-c2ccncc2)c(-c2ccc(F)cc2)nc2ncccc12. The second-order valence-electron chi connectivity index (χ2n) is 5.58. The van der Waals surface area contributed by atoms with E-state index in [1.54, 1.807) is 30.7 Å². The number of benzene rings is 1. The Bertz CT molecular complexity index is 1030. The second-order valence-corrected chi connectivity index (χ2v) is 5.58. The lowest BCUT2D eigenvalue weighted by Gasteiger charge is -2.17. The molecular weight excluding hydrogens is 315 g/mol. The fraction of sp³-hybridized carbons (Fsp3) is 0.0500. The first-order valence-electron chi connectivity index (χ1n) is 7.91. The van der Waals surface area contributed by atoms with E-state index in [-0.39, 0.29) is 5.82 Å². The Balaban J connectivity index is 2.11. The zero-order valence-corrected chi connectivity index (χ0v) is 13.6. The average Bonchev–Trinajstić information content (AvgIpc) is 2.67. The molecule has 0 spiro atoms. The van der Waals surface area contributed by atoms with Crippen LogP contribution in [0.5, 0.6) is 0 Å². The van der Waals surface area contributed by atoms with Crippen molar-refractivity contribution >= 4 is 16.7 Å². The van der Waals surface area contributed by atoms with Gasteiger partial charge in [-0.15, -0.1) is 0 Å². The minimum atomic E-state index is -0.276. The molecule has 0 bridgehead atoms. The van der Waals surface area contributed by atoms with E-state index >= 15 is 0 Å². The van der Waals surface area contributed by atoms with Gasteiger partial charge in [-0.05, 0) is 54.1 Å². The Morgan fingerprint density at radius 1 is 0.880 bits per heavy atom. The Hall–Kier alpha value is -3.34. The molecular formula is C20H15FN4. The molecule has 0 aliphatic heterocycles. The molecule has 0 fully saturated rings. The topological polar surface area (TPSA) is 50.7 Å². The molecule has 0 aliphatic carbocycles. The van der Waals surface area contributed by atoms with Crippen molar-refractivity contribution in [2.75, 3.05) is 12.4 Å². The maximum Gasteiger partial charge on any atom is 0.161 e. The van der Waals surface area contributed by atoms with E-state index in [0.29, 0.717) is 5.65 Å². The Morgan fingerprint density at radius 2 is 1.64 bits per heavy atom. The molecule has 4 nitrogen and oxygen atoms in total. The number of anilines is 1. The molecule has 0 saturated heterocycles. The number of pyridine rings is 3. The number of hydrogen-bond acceptors (Lipinski definition) is 4. The Labute approximate surface area is 144 Å². The minimum Gasteiger partial charge on any atom is -0.387 e. The van der Waals surface area contributed by atoms with Crippen molar-refractivity contribution < 1.29 is 4.39 Å². The van der Waals surface area contributed by atoms with E-state index < -0.39 is 0 Å².